The number of carboxylic acids is 1. The van der Waals surface area contributed by atoms with Crippen molar-refractivity contribution < 1.29 is 23.9 Å². The molecule has 3 aliphatic rings. The van der Waals surface area contributed by atoms with Crippen LogP contribution >= 0.6 is 37.4 Å². The van der Waals surface area contributed by atoms with Crippen LogP contribution in [0.25, 0.3) is 0 Å². The predicted molar refractivity (Wildman–Crippen MR) is 139 cm³/mol. The molecule has 11 heteroatoms. The molecular weight excluding hydrogens is 516 g/mol. The van der Waals surface area contributed by atoms with Crippen LogP contribution in [0.1, 0.15) is 30.9 Å². The number of likely N-dealkylation sites (tertiary alicyclic amines) is 1. The summed E-state index contributed by atoms with van der Waals surface area (Å²) < 4.78 is 14.7. The Hall–Kier alpha value is -1.65. The Labute approximate surface area is 222 Å². The number of piperazine rings is 1. The smallest absolute Gasteiger partial charge is 0.323 e. The molecule has 2 heterocycles. The van der Waals surface area contributed by atoms with Gasteiger partial charge in [0.1, 0.15) is 12.4 Å². The summed E-state index contributed by atoms with van der Waals surface area (Å²) in [7, 11) is 0. The van der Waals surface area contributed by atoms with E-state index >= 15 is 0 Å². The highest BCUT2D eigenvalue weighted by molar-refractivity contribution is 7.81. The van der Waals surface area contributed by atoms with E-state index in [-0.39, 0.29) is 66.6 Å². The van der Waals surface area contributed by atoms with Crippen LogP contribution in [-0.2, 0) is 14.4 Å². The van der Waals surface area contributed by atoms with E-state index in [2.05, 4.69) is 11.0 Å². The molecule has 1 saturated carbocycles. The van der Waals surface area contributed by atoms with E-state index in [0.717, 1.165) is 24.8 Å². The van der Waals surface area contributed by atoms with E-state index in [9.17, 15) is 18.8 Å². The van der Waals surface area contributed by atoms with Gasteiger partial charge in [0.05, 0.1) is 12.6 Å². The lowest BCUT2D eigenvalue weighted by molar-refractivity contribution is -0.146. The number of carbonyl (C=O) groups excluding carboxylic acids is 2. The van der Waals surface area contributed by atoms with Gasteiger partial charge in [0.15, 0.2) is 5.78 Å². The van der Waals surface area contributed by atoms with Gasteiger partial charge in [-0.3, -0.25) is 24.2 Å². The number of rotatable bonds is 8. The zero-order chi connectivity index (χ0) is 23.5. The number of nitrogens with zero attached hydrogens (tertiary/aromatic N) is 3. The number of piperidine rings is 1. The zero-order valence-corrected chi connectivity index (χ0v) is 21.9. The fraction of sp³-hybridized carbons (Fsp3) is 0.542. The Morgan fingerprint density at radius 2 is 1.83 bits per heavy atom. The standard InChI is InChI=1S/C24H30FN3O4S.2ClH/c25-19-4-2-1-3-18(19)23(24(32)16-5-6-16)28-10-8-20(33)17(13-28)7-9-26-11-12-27(15-22(30)31)21(29)14-26;;/h1-4,7,16,20,23,33H,5-6,8-15H2,(H,30,31);2*1H/b17-7+;;. The normalized spacial score (nSPS) is 23.4. The summed E-state index contributed by atoms with van der Waals surface area (Å²) >= 11 is 4.73. The largest absolute Gasteiger partial charge is 0.480 e. The Balaban J connectivity index is 0.00000216. The van der Waals surface area contributed by atoms with Gasteiger partial charge in [-0.1, -0.05) is 24.3 Å². The van der Waals surface area contributed by atoms with E-state index in [0.29, 0.717) is 38.3 Å². The Bertz CT molecular complexity index is 962. The second-order valence-corrected chi connectivity index (χ2v) is 9.72. The molecule has 35 heavy (non-hydrogen) atoms. The maximum atomic E-state index is 14.7. The van der Waals surface area contributed by atoms with Crippen molar-refractivity contribution in [2.45, 2.75) is 30.6 Å². The van der Waals surface area contributed by atoms with Gasteiger partial charge in [0.25, 0.3) is 0 Å². The highest BCUT2D eigenvalue weighted by atomic mass is 35.5. The third-order valence-corrected chi connectivity index (χ3v) is 7.24. The van der Waals surface area contributed by atoms with Crippen LogP contribution in [0.4, 0.5) is 4.39 Å². The van der Waals surface area contributed by atoms with E-state index in [1.54, 1.807) is 18.2 Å². The first kappa shape index (κ1) is 29.6. The van der Waals surface area contributed by atoms with Gasteiger partial charge in [0.2, 0.25) is 5.91 Å². The molecular formula is C24H32Cl2FN3O4S. The first-order chi connectivity index (χ1) is 15.8. The number of Topliss-reactive ketones (excluding diaryl/α,β-unsaturated/α-hetero) is 1. The van der Waals surface area contributed by atoms with Crippen molar-refractivity contribution in [3.8, 4) is 0 Å². The minimum absolute atomic E-state index is 0. The number of aliphatic carboxylic acids is 1. The van der Waals surface area contributed by atoms with Gasteiger partial charge >= 0.3 is 5.97 Å². The minimum Gasteiger partial charge on any atom is -0.480 e. The molecule has 1 N–H and O–H groups in total. The summed E-state index contributed by atoms with van der Waals surface area (Å²) in [5, 5.41) is 8.96. The molecule has 3 fully saturated rings. The number of thiol groups is 1. The maximum Gasteiger partial charge on any atom is 0.323 e. The van der Waals surface area contributed by atoms with Crippen molar-refractivity contribution >= 4 is 55.1 Å². The summed E-state index contributed by atoms with van der Waals surface area (Å²) in [4.78, 5) is 41.7. The quantitative estimate of drug-likeness (QED) is 0.384. The molecule has 4 rings (SSSR count). The number of carbonyl (C=O) groups is 3. The van der Waals surface area contributed by atoms with E-state index in [4.69, 9.17) is 17.7 Å². The molecule has 194 valence electrons. The van der Waals surface area contributed by atoms with Crippen molar-refractivity contribution in [2.75, 3.05) is 45.8 Å². The number of amides is 1. The zero-order valence-electron chi connectivity index (χ0n) is 19.3. The van der Waals surface area contributed by atoms with Crippen molar-refractivity contribution in [3.05, 3.63) is 47.3 Å². The van der Waals surface area contributed by atoms with Gasteiger partial charge in [-0.05, 0) is 30.9 Å². The first-order valence-electron chi connectivity index (χ1n) is 11.4. The number of hydrogen-bond donors (Lipinski definition) is 2. The number of ketones is 1. The molecule has 2 saturated heterocycles. The number of halogens is 3. The minimum atomic E-state index is -1.01. The van der Waals surface area contributed by atoms with Crippen molar-refractivity contribution in [1.29, 1.82) is 0 Å². The molecule has 1 aliphatic carbocycles. The molecule has 0 radical (unpaired) electrons. The van der Waals surface area contributed by atoms with Crippen molar-refractivity contribution in [3.63, 3.8) is 0 Å². The molecule has 7 nitrogen and oxygen atoms in total. The Morgan fingerprint density at radius 3 is 2.46 bits per heavy atom. The molecule has 0 spiro atoms. The monoisotopic (exact) mass is 547 g/mol. The van der Waals surface area contributed by atoms with Crippen LogP contribution in [0.3, 0.4) is 0 Å². The summed E-state index contributed by atoms with van der Waals surface area (Å²) in [5.74, 6) is -1.44. The topological polar surface area (TPSA) is 81.2 Å². The summed E-state index contributed by atoms with van der Waals surface area (Å²) in [6.07, 6.45) is 4.56. The van der Waals surface area contributed by atoms with Crippen LogP contribution in [0.5, 0.6) is 0 Å². The van der Waals surface area contributed by atoms with E-state index in [1.165, 1.54) is 11.0 Å². The third-order valence-electron chi connectivity index (χ3n) is 6.65. The molecule has 1 aromatic rings. The highest BCUT2D eigenvalue weighted by Crippen LogP contribution is 2.39. The third kappa shape index (κ3) is 7.43. The van der Waals surface area contributed by atoms with Gasteiger partial charge in [-0.15, -0.1) is 24.8 Å². The SMILES string of the molecule is Cl.Cl.O=C(O)CN1CCN(C/C=C2\CN(C(C(=O)C3CC3)c3ccccc3F)CCC2S)CC1=O. The Kier molecular flexibility index (Phi) is 11.0. The average Bonchev–Trinajstić information content (AvgIpc) is 3.62. The molecule has 2 unspecified atom stereocenters. The fourth-order valence-electron chi connectivity index (χ4n) is 4.62. The summed E-state index contributed by atoms with van der Waals surface area (Å²) in [6.45, 7) is 2.63. The second-order valence-electron chi connectivity index (χ2n) is 9.10. The van der Waals surface area contributed by atoms with Crippen LogP contribution in [0, 0.1) is 11.7 Å². The number of benzene rings is 1. The number of carboxylic acid groups (broad SMARTS) is 1. The summed E-state index contributed by atoms with van der Waals surface area (Å²) in [6, 6.07) is 5.93. The molecule has 0 aromatic heterocycles. The van der Waals surface area contributed by atoms with E-state index < -0.39 is 12.0 Å². The number of hydrogen-bond acceptors (Lipinski definition) is 6. The average molecular weight is 549 g/mol. The molecule has 2 atom stereocenters. The molecule has 0 bridgehead atoms. The van der Waals surface area contributed by atoms with Crippen LogP contribution in [0.2, 0.25) is 0 Å². The maximum absolute atomic E-state index is 14.7. The van der Waals surface area contributed by atoms with Gasteiger partial charge in [-0.2, -0.15) is 12.6 Å². The molecule has 1 aromatic carbocycles. The lowest BCUT2D eigenvalue weighted by atomic mass is 9.93. The first-order valence-corrected chi connectivity index (χ1v) is 12.0. The van der Waals surface area contributed by atoms with E-state index in [1.807, 2.05) is 4.90 Å². The van der Waals surface area contributed by atoms with Crippen molar-refractivity contribution in [2.24, 2.45) is 5.92 Å². The van der Waals surface area contributed by atoms with Crippen LogP contribution in [0.15, 0.2) is 35.9 Å². The van der Waals surface area contributed by atoms with Crippen LogP contribution < -0.4 is 0 Å². The lowest BCUT2D eigenvalue weighted by Crippen LogP contribution is -2.51. The molecule has 2 aliphatic heterocycles. The van der Waals surface area contributed by atoms with Gasteiger partial charge < -0.3 is 10.0 Å². The predicted octanol–water partition coefficient (Wildman–Crippen LogP) is 2.85. The van der Waals surface area contributed by atoms with Gasteiger partial charge in [-0.25, -0.2) is 4.39 Å². The summed E-state index contributed by atoms with van der Waals surface area (Å²) in [5.41, 5.74) is 1.50. The molecule has 1 amide bonds. The Morgan fingerprint density at radius 1 is 1.11 bits per heavy atom. The van der Waals surface area contributed by atoms with Gasteiger partial charge in [0, 0.05) is 49.5 Å². The van der Waals surface area contributed by atoms with Crippen LogP contribution in [-0.4, -0.2) is 88.5 Å². The van der Waals surface area contributed by atoms with Crippen molar-refractivity contribution in [1.82, 2.24) is 14.7 Å². The second kappa shape index (κ2) is 13.1. The lowest BCUT2D eigenvalue weighted by Gasteiger charge is -2.38. The highest BCUT2D eigenvalue weighted by Gasteiger charge is 2.40. The fourth-order valence-corrected chi connectivity index (χ4v) is 4.92.